The fourth-order valence-electron chi connectivity index (χ4n) is 3.76. The fourth-order valence-corrected chi connectivity index (χ4v) is 4.59. The van der Waals surface area contributed by atoms with Crippen LogP contribution in [0.15, 0.2) is 96.1 Å². The molecule has 2 N–H and O–H groups in total. The third kappa shape index (κ3) is 5.13. The standard InChI is InChI=1S/C29H24N4OS/c1-19-10-14-22(15-11-19)26-28(32-27(34)23-16-12-20(2)13-17-23)35-29(31-26)33-30-18-24-8-5-7-21-6-3-4-9-25(21)24/h3-18H,1-2H3,(H,31,33)(H,32,34). The second-order valence-corrected chi connectivity index (χ2v) is 9.32. The lowest BCUT2D eigenvalue weighted by Gasteiger charge is -2.06. The predicted molar refractivity (Wildman–Crippen MR) is 147 cm³/mol. The van der Waals surface area contributed by atoms with E-state index in [9.17, 15) is 4.79 Å². The minimum atomic E-state index is -0.173. The third-order valence-electron chi connectivity index (χ3n) is 5.68. The molecule has 0 saturated heterocycles. The highest BCUT2D eigenvalue weighted by Gasteiger charge is 2.16. The van der Waals surface area contributed by atoms with Crippen LogP contribution in [0.4, 0.5) is 10.1 Å². The van der Waals surface area contributed by atoms with Crippen molar-refractivity contribution in [1.82, 2.24) is 4.98 Å². The summed E-state index contributed by atoms with van der Waals surface area (Å²) in [5, 5.41) is 11.0. The molecule has 0 aliphatic heterocycles. The number of fused-ring (bicyclic) bond motifs is 1. The SMILES string of the molecule is Cc1ccc(C(=O)Nc2sc(NN=Cc3cccc4ccccc34)nc2-c2ccc(C)cc2)cc1. The second kappa shape index (κ2) is 9.91. The maximum Gasteiger partial charge on any atom is 0.256 e. The Kier molecular flexibility index (Phi) is 6.37. The van der Waals surface area contributed by atoms with Gasteiger partial charge in [0.25, 0.3) is 5.91 Å². The maximum absolute atomic E-state index is 12.9. The number of amides is 1. The van der Waals surface area contributed by atoms with E-state index in [1.807, 2.05) is 86.6 Å². The van der Waals surface area contributed by atoms with Gasteiger partial charge < -0.3 is 5.32 Å². The lowest BCUT2D eigenvalue weighted by Crippen LogP contribution is -2.11. The highest BCUT2D eigenvalue weighted by Crippen LogP contribution is 2.36. The summed E-state index contributed by atoms with van der Waals surface area (Å²) in [7, 11) is 0. The molecule has 1 aromatic heterocycles. The average Bonchev–Trinajstić information content (AvgIpc) is 3.27. The van der Waals surface area contributed by atoms with Crippen molar-refractivity contribution in [3.05, 3.63) is 113 Å². The van der Waals surface area contributed by atoms with Gasteiger partial charge in [-0.3, -0.25) is 10.2 Å². The van der Waals surface area contributed by atoms with E-state index in [4.69, 9.17) is 4.98 Å². The summed E-state index contributed by atoms with van der Waals surface area (Å²) in [6.07, 6.45) is 1.79. The first-order chi connectivity index (χ1) is 17.1. The second-order valence-electron chi connectivity index (χ2n) is 8.32. The summed E-state index contributed by atoms with van der Waals surface area (Å²) >= 11 is 1.36. The van der Waals surface area contributed by atoms with Crippen LogP contribution in [0.25, 0.3) is 22.0 Å². The summed E-state index contributed by atoms with van der Waals surface area (Å²) < 4.78 is 0. The summed E-state index contributed by atoms with van der Waals surface area (Å²) in [5.41, 5.74) is 8.56. The van der Waals surface area contributed by atoms with E-state index < -0.39 is 0 Å². The number of aryl methyl sites for hydroxylation is 2. The largest absolute Gasteiger partial charge is 0.312 e. The molecule has 0 unspecified atom stereocenters. The molecule has 0 aliphatic carbocycles. The van der Waals surface area contributed by atoms with Crippen LogP contribution in [-0.4, -0.2) is 17.1 Å². The molecule has 0 radical (unpaired) electrons. The number of nitrogens with zero attached hydrogens (tertiary/aromatic N) is 2. The number of carbonyl (C=O) groups excluding carboxylic acids is 1. The Balaban J connectivity index is 1.42. The summed E-state index contributed by atoms with van der Waals surface area (Å²) in [6, 6.07) is 29.9. The zero-order valence-electron chi connectivity index (χ0n) is 19.4. The van der Waals surface area contributed by atoms with E-state index in [2.05, 4.69) is 34.0 Å². The predicted octanol–water partition coefficient (Wildman–Crippen LogP) is 7.28. The van der Waals surface area contributed by atoms with E-state index in [1.165, 1.54) is 11.3 Å². The van der Waals surface area contributed by atoms with E-state index in [1.54, 1.807) is 6.21 Å². The van der Waals surface area contributed by atoms with Crippen LogP contribution in [0.5, 0.6) is 0 Å². The van der Waals surface area contributed by atoms with Gasteiger partial charge in [-0.1, -0.05) is 101 Å². The average molecular weight is 477 g/mol. The first-order valence-electron chi connectivity index (χ1n) is 11.3. The number of carbonyl (C=O) groups is 1. The first-order valence-corrected chi connectivity index (χ1v) is 12.1. The van der Waals surface area contributed by atoms with Crippen molar-refractivity contribution >= 4 is 44.4 Å². The first kappa shape index (κ1) is 22.5. The van der Waals surface area contributed by atoms with Crippen molar-refractivity contribution in [1.29, 1.82) is 0 Å². The zero-order chi connectivity index (χ0) is 24.2. The van der Waals surface area contributed by atoms with Crippen molar-refractivity contribution < 1.29 is 4.79 Å². The van der Waals surface area contributed by atoms with Gasteiger partial charge in [0.1, 0.15) is 10.7 Å². The smallest absolute Gasteiger partial charge is 0.256 e. The molecule has 0 bridgehead atoms. The Morgan fingerprint density at radius 2 is 1.54 bits per heavy atom. The molecule has 0 fully saturated rings. The monoisotopic (exact) mass is 476 g/mol. The molecule has 5 nitrogen and oxygen atoms in total. The quantitative estimate of drug-likeness (QED) is 0.200. The Hall–Kier alpha value is -4.29. The number of aromatic nitrogens is 1. The molecule has 35 heavy (non-hydrogen) atoms. The Morgan fingerprint density at radius 3 is 2.31 bits per heavy atom. The molecule has 1 amide bonds. The van der Waals surface area contributed by atoms with Crippen molar-refractivity contribution in [3.63, 3.8) is 0 Å². The van der Waals surface area contributed by atoms with Crippen LogP contribution < -0.4 is 10.7 Å². The topological polar surface area (TPSA) is 66.4 Å². The van der Waals surface area contributed by atoms with Gasteiger partial charge in [0.2, 0.25) is 5.13 Å². The number of hydrogen-bond donors (Lipinski definition) is 2. The normalized spacial score (nSPS) is 11.1. The van der Waals surface area contributed by atoms with Crippen molar-refractivity contribution in [2.24, 2.45) is 5.10 Å². The van der Waals surface area contributed by atoms with E-state index in [0.717, 1.165) is 33.0 Å². The van der Waals surface area contributed by atoms with E-state index in [-0.39, 0.29) is 5.91 Å². The van der Waals surface area contributed by atoms with Gasteiger partial charge in [0.05, 0.1) is 6.21 Å². The van der Waals surface area contributed by atoms with Crippen LogP contribution in [0.2, 0.25) is 0 Å². The van der Waals surface area contributed by atoms with Crippen molar-refractivity contribution in [3.8, 4) is 11.3 Å². The van der Waals surface area contributed by atoms with Crippen molar-refractivity contribution in [2.75, 3.05) is 10.7 Å². The number of nitrogens with one attached hydrogen (secondary N) is 2. The number of benzene rings is 4. The van der Waals surface area contributed by atoms with Gasteiger partial charge in [-0.2, -0.15) is 5.10 Å². The number of thiazole rings is 1. The van der Waals surface area contributed by atoms with Crippen LogP contribution >= 0.6 is 11.3 Å². The highest BCUT2D eigenvalue weighted by molar-refractivity contribution is 7.20. The molecule has 0 saturated carbocycles. The van der Waals surface area contributed by atoms with Crippen LogP contribution in [-0.2, 0) is 0 Å². The van der Waals surface area contributed by atoms with Gasteiger partial charge in [0.15, 0.2) is 0 Å². The molecule has 6 heteroatoms. The maximum atomic E-state index is 12.9. The highest BCUT2D eigenvalue weighted by atomic mass is 32.1. The number of anilines is 2. The lowest BCUT2D eigenvalue weighted by molar-refractivity contribution is 0.102. The van der Waals surface area contributed by atoms with Gasteiger partial charge in [0, 0.05) is 16.7 Å². The summed E-state index contributed by atoms with van der Waals surface area (Å²) in [6.45, 7) is 4.04. The molecule has 1 heterocycles. The number of hydrazone groups is 1. The molecule has 5 rings (SSSR count). The Labute approximate surface area is 208 Å². The molecule has 4 aromatic carbocycles. The van der Waals surface area contributed by atoms with Gasteiger partial charge in [-0.05, 0) is 36.8 Å². The van der Waals surface area contributed by atoms with Crippen LogP contribution in [0, 0.1) is 13.8 Å². The molecular weight excluding hydrogens is 452 g/mol. The Bertz CT molecular complexity index is 1510. The molecule has 5 aromatic rings. The minimum Gasteiger partial charge on any atom is -0.312 e. The van der Waals surface area contributed by atoms with Crippen molar-refractivity contribution in [2.45, 2.75) is 13.8 Å². The molecule has 0 atom stereocenters. The van der Waals surface area contributed by atoms with Gasteiger partial charge in [-0.25, -0.2) is 4.98 Å². The fraction of sp³-hybridized carbons (Fsp3) is 0.0690. The zero-order valence-corrected chi connectivity index (χ0v) is 20.3. The molecular formula is C29H24N4OS. The summed E-state index contributed by atoms with van der Waals surface area (Å²) in [5.74, 6) is -0.173. The van der Waals surface area contributed by atoms with Crippen LogP contribution in [0.1, 0.15) is 27.0 Å². The van der Waals surface area contributed by atoms with Gasteiger partial charge >= 0.3 is 0 Å². The van der Waals surface area contributed by atoms with E-state index in [0.29, 0.717) is 21.4 Å². The molecule has 0 aliphatic rings. The lowest BCUT2D eigenvalue weighted by atomic mass is 10.1. The molecule has 172 valence electrons. The van der Waals surface area contributed by atoms with Crippen LogP contribution in [0.3, 0.4) is 0 Å². The van der Waals surface area contributed by atoms with E-state index >= 15 is 0 Å². The molecule has 0 spiro atoms. The summed E-state index contributed by atoms with van der Waals surface area (Å²) in [4.78, 5) is 17.7. The minimum absolute atomic E-state index is 0.173. The number of hydrogen-bond acceptors (Lipinski definition) is 5. The number of rotatable bonds is 6. The third-order valence-corrected chi connectivity index (χ3v) is 6.56. The van der Waals surface area contributed by atoms with Gasteiger partial charge in [-0.15, -0.1) is 0 Å². The Morgan fingerprint density at radius 1 is 0.857 bits per heavy atom.